The number of imide groups is 1. The number of benzene rings is 2. The predicted octanol–water partition coefficient (Wildman–Crippen LogP) is 1.84. The van der Waals surface area contributed by atoms with Crippen molar-refractivity contribution in [2.45, 2.75) is 128 Å². The molecule has 2 aromatic carbocycles. The number of aromatic nitrogens is 2. The van der Waals surface area contributed by atoms with Crippen LogP contribution >= 0.6 is 0 Å². The summed E-state index contributed by atoms with van der Waals surface area (Å²) >= 11 is 0. The Morgan fingerprint density at radius 1 is 0.838 bits per heavy atom. The summed E-state index contributed by atoms with van der Waals surface area (Å²) in [6, 6.07) is 10.2. The minimum atomic E-state index is -2.02. The van der Waals surface area contributed by atoms with Crippen molar-refractivity contribution in [3.63, 3.8) is 0 Å². The molecule has 5 heterocycles. The van der Waals surface area contributed by atoms with Crippen molar-refractivity contribution < 1.29 is 62.1 Å². The Kier molecular flexibility index (Phi) is 17.3. The second-order valence-corrected chi connectivity index (χ2v) is 20.8. The first-order chi connectivity index (χ1) is 38.4. The third-order valence-electron chi connectivity index (χ3n) is 15.8. The molecule has 2 aliphatic carbocycles. The summed E-state index contributed by atoms with van der Waals surface area (Å²) in [5, 5.41) is 28.1. The molecule has 3 atom stereocenters. The van der Waals surface area contributed by atoms with Crippen LogP contribution in [0.3, 0.4) is 0 Å². The molecule has 1 fully saturated rings. The molecular weight excluding hydrogens is 1040 g/mol. The molecule has 22 nitrogen and oxygen atoms in total. The van der Waals surface area contributed by atoms with E-state index in [2.05, 4.69) is 31.9 Å². The van der Waals surface area contributed by atoms with Crippen LogP contribution in [0, 0.1) is 18.7 Å². The first-order valence-corrected chi connectivity index (χ1v) is 27.1. The number of nitrogens with one attached hydrogen (secondary N) is 6. The predicted molar refractivity (Wildman–Crippen MR) is 284 cm³/mol. The van der Waals surface area contributed by atoms with E-state index in [1.165, 1.54) is 22.8 Å². The van der Waals surface area contributed by atoms with Crippen LogP contribution in [-0.4, -0.2) is 118 Å². The number of cyclic esters (lactones) is 1. The standard InChI is InChI=1S/C57H64FN9O13/c1-3-57(78)38-23-43-52-36(28-67(43)55(76)37(38)29-79-56(57)77)51-40(18-17-35-31(2)39(58)24-41(64-52)50(35)51)65-53(74)33-13-15-34(16-14-33)80-30-62-46(70)26-61-54(75)42(22-32-10-6-4-7-11-32)63-47(71)27-60-45(69)25-59-44(68)12-8-5-9-21-66-48(72)19-20-49(66)73/h4,6-7,10-11,19-20,23-24,33-34,40,42,78H,3,5,8-9,12-18,21-22,25-30H2,1-2H3,(H,59,68)(H,60,69)(H,61,75)(H,62,70)(H,63,71)(H,65,74)/t33?,34?,40-,42-,57-/m0/s1. The first-order valence-electron chi connectivity index (χ1n) is 27.1. The van der Waals surface area contributed by atoms with Crippen LogP contribution in [0.1, 0.15) is 116 Å². The number of rotatable bonds is 22. The maximum absolute atomic E-state index is 15.5. The van der Waals surface area contributed by atoms with Crippen LogP contribution < -0.4 is 37.5 Å². The highest BCUT2D eigenvalue weighted by atomic mass is 19.1. The van der Waals surface area contributed by atoms with Gasteiger partial charge in [0.1, 0.15) is 25.2 Å². The lowest BCUT2D eigenvalue weighted by Gasteiger charge is -2.32. The van der Waals surface area contributed by atoms with E-state index in [0.717, 1.165) is 27.0 Å². The Bertz CT molecular complexity index is 3250. The number of amides is 8. The van der Waals surface area contributed by atoms with Gasteiger partial charge in [0.25, 0.3) is 17.4 Å². The molecule has 3 aliphatic heterocycles. The van der Waals surface area contributed by atoms with E-state index in [1.807, 2.05) is 0 Å². The number of esters is 1. The molecule has 5 aliphatic rings. The summed E-state index contributed by atoms with van der Waals surface area (Å²) < 4.78 is 28.2. The molecule has 1 saturated carbocycles. The van der Waals surface area contributed by atoms with E-state index in [9.17, 15) is 53.1 Å². The molecule has 0 spiro atoms. The molecule has 23 heteroatoms. The van der Waals surface area contributed by atoms with Gasteiger partial charge in [-0.2, -0.15) is 0 Å². The van der Waals surface area contributed by atoms with Gasteiger partial charge in [-0.15, -0.1) is 0 Å². The summed E-state index contributed by atoms with van der Waals surface area (Å²) in [5.41, 5.74) is 2.52. The van der Waals surface area contributed by atoms with Crippen molar-refractivity contribution in [1.29, 1.82) is 0 Å². The molecule has 0 bridgehead atoms. The highest BCUT2D eigenvalue weighted by molar-refractivity contribution is 6.12. The number of hydrogen-bond donors (Lipinski definition) is 7. The van der Waals surface area contributed by atoms with Gasteiger partial charge in [-0.3, -0.25) is 48.1 Å². The van der Waals surface area contributed by atoms with Gasteiger partial charge >= 0.3 is 5.97 Å². The second-order valence-electron chi connectivity index (χ2n) is 20.8. The second kappa shape index (κ2) is 24.5. The zero-order chi connectivity index (χ0) is 56.8. The van der Waals surface area contributed by atoms with Crippen molar-refractivity contribution in [3.8, 4) is 11.4 Å². The molecule has 0 radical (unpaired) electrons. The Labute approximate surface area is 459 Å². The molecular formula is C57H64FN9O13. The molecule has 2 aromatic heterocycles. The number of ether oxygens (including phenoxy) is 2. The quantitative estimate of drug-likeness (QED) is 0.0225. The minimum Gasteiger partial charge on any atom is -0.458 e. The number of fused-ring (bicyclic) bond motifs is 5. The van der Waals surface area contributed by atoms with Gasteiger partial charge in [0.2, 0.25) is 35.4 Å². The van der Waals surface area contributed by atoms with E-state index in [4.69, 9.17) is 14.5 Å². The number of carbonyl (C=O) groups is 9. The monoisotopic (exact) mass is 1100 g/mol. The maximum Gasteiger partial charge on any atom is 0.343 e. The van der Waals surface area contributed by atoms with Crippen molar-refractivity contribution in [2.75, 3.05) is 32.9 Å². The summed E-state index contributed by atoms with van der Waals surface area (Å²) in [5.74, 6) is -5.42. The summed E-state index contributed by atoms with van der Waals surface area (Å²) in [4.78, 5) is 134. The molecule has 0 unspecified atom stereocenters. The lowest BCUT2D eigenvalue weighted by atomic mass is 9.81. The normalized spacial score (nSPS) is 20.0. The fraction of sp³-hybridized carbons (Fsp3) is 0.456. The fourth-order valence-electron chi connectivity index (χ4n) is 11.3. The average molecular weight is 1100 g/mol. The van der Waals surface area contributed by atoms with Crippen LogP contribution in [-0.2, 0) is 84.2 Å². The number of carbonyl (C=O) groups excluding carboxylic acids is 9. The summed E-state index contributed by atoms with van der Waals surface area (Å²) in [6.45, 7) is 1.95. The largest absolute Gasteiger partial charge is 0.458 e. The van der Waals surface area contributed by atoms with Crippen LogP contribution in [0.25, 0.3) is 22.3 Å². The highest BCUT2D eigenvalue weighted by Gasteiger charge is 2.46. The van der Waals surface area contributed by atoms with Gasteiger partial charge < -0.3 is 51.0 Å². The molecule has 4 aromatic rings. The number of nitrogens with zero attached hydrogens (tertiary/aromatic N) is 3. The van der Waals surface area contributed by atoms with Crippen molar-refractivity contribution in [1.82, 2.24) is 46.4 Å². The molecule has 8 amide bonds. The highest BCUT2D eigenvalue weighted by Crippen LogP contribution is 2.46. The Morgan fingerprint density at radius 2 is 1.54 bits per heavy atom. The Hall–Kier alpha value is -8.18. The average Bonchev–Trinajstić information content (AvgIpc) is 4.07. The van der Waals surface area contributed by atoms with E-state index in [0.29, 0.717) is 85.8 Å². The number of hydrogen-bond acceptors (Lipinski definition) is 14. The van der Waals surface area contributed by atoms with Crippen molar-refractivity contribution in [2.24, 2.45) is 5.92 Å². The van der Waals surface area contributed by atoms with E-state index >= 15 is 4.39 Å². The zero-order valence-electron chi connectivity index (χ0n) is 44.5. The number of aryl methyl sites for hydroxylation is 1. The van der Waals surface area contributed by atoms with E-state index < -0.39 is 71.7 Å². The van der Waals surface area contributed by atoms with Gasteiger partial charge in [0.15, 0.2) is 5.60 Å². The first kappa shape index (κ1) is 56.5. The molecule has 80 heavy (non-hydrogen) atoms. The SMILES string of the molecule is CC[C@@]1(O)C(=O)OCc2c1cc1n(c2=O)Cc2c-1nc1cc(F)c(C)c3c1c2[C@@H](NC(=O)C1CCC(OCNC(=O)CNC(=O)[C@H](Cc2ccccc2)NC(=O)CNC(=O)CNC(=O)CCCCCN2C(=O)C=CC2=O)CC1)CC3. The Balaban J connectivity index is 0.722. The number of pyridine rings is 2. The third kappa shape index (κ3) is 12.2. The van der Waals surface area contributed by atoms with Crippen molar-refractivity contribution in [3.05, 3.63) is 110 Å². The van der Waals surface area contributed by atoms with Gasteiger partial charge in [-0.1, -0.05) is 43.7 Å². The van der Waals surface area contributed by atoms with Gasteiger partial charge in [-0.25, -0.2) is 14.2 Å². The zero-order valence-corrected chi connectivity index (χ0v) is 44.5. The van der Waals surface area contributed by atoms with Crippen LogP contribution in [0.5, 0.6) is 0 Å². The molecule has 7 N–H and O–H groups in total. The summed E-state index contributed by atoms with van der Waals surface area (Å²) in [6.07, 6.45) is 6.90. The van der Waals surface area contributed by atoms with E-state index in [1.54, 1.807) is 50.2 Å². The number of halogens is 1. The molecule has 422 valence electrons. The summed E-state index contributed by atoms with van der Waals surface area (Å²) in [7, 11) is 0. The fourth-order valence-corrected chi connectivity index (χ4v) is 11.3. The third-order valence-corrected chi connectivity index (χ3v) is 15.8. The lowest BCUT2D eigenvalue weighted by Crippen LogP contribution is -2.52. The minimum absolute atomic E-state index is 0.0245. The smallest absolute Gasteiger partial charge is 0.343 e. The van der Waals surface area contributed by atoms with Gasteiger partial charge in [0.05, 0.1) is 60.8 Å². The topological polar surface area (TPSA) is 303 Å². The van der Waals surface area contributed by atoms with Crippen molar-refractivity contribution >= 4 is 64.1 Å². The van der Waals surface area contributed by atoms with Gasteiger partial charge in [0, 0.05) is 60.0 Å². The maximum atomic E-state index is 15.5. The van der Waals surface area contributed by atoms with Gasteiger partial charge in [-0.05, 0) is 93.0 Å². The van der Waals surface area contributed by atoms with Crippen LogP contribution in [0.4, 0.5) is 4.39 Å². The Morgan fingerprint density at radius 3 is 2.27 bits per heavy atom. The number of unbranched alkanes of at least 4 members (excludes halogenated alkanes) is 2. The lowest BCUT2D eigenvalue weighted by molar-refractivity contribution is -0.172. The molecule has 0 saturated heterocycles. The molecule has 9 rings (SSSR count). The van der Waals surface area contributed by atoms with Crippen LogP contribution in [0.2, 0.25) is 0 Å². The van der Waals surface area contributed by atoms with E-state index in [-0.39, 0.29) is 99.0 Å². The van der Waals surface area contributed by atoms with Crippen LogP contribution in [0.15, 0.2) is 59.4 Å². The number of aliphatic hydroxyl groups is 1.